The number of hydrogen-bond acceptors (Lipinski definition) is 1. The third-order valence-corrected chi connectivity index (χ3v) is 1.37. The summed E-state index contributed by atoms with van der Waals surface area (Å²) in [6, 6.07) is 0. The molecular formula is C12H20O. The first kappa shape index (κ1) is 14.4. The van der Waals surface area contributed by atoms with E-state index in [1.165, 1.54) is 0 Å². The molecule has 0 aromatic heterocycles. The van der Waals surface area contributed by atoms with Crippen molar-refractivity contribution in [3.8, 4) is 0 Å². The topological polar surface area (TPSA) is 17.1 Å². The highest BCUT2D eigenvalue weighted by atomic mass is 16.1. The average Bonchev–Trinajstić information content (AvgIpc) is 2.21. The van der Waals surface area contributed by atoms with E-state index in [4.69, 9.17) is 0 Å². The first-order valence-electron chi connectivity index (χ1n) is 4.74. The number of carbonyl (C=O) groups is 1. The minimum absolute atomic E-state index is 0.172. The van der Waals surface area contributed by atoms with Gasteiger partial charge in [0.1, 0.15) is 0 Å². The quantitative estimate of drug-likeness (QED) is 0.476. The molecular weight excluding hydrogens is 160 g/mol. The second-order valence-corrected chi connectivity index (χ2v) is 2.12. The van der Waals surface area contributed by atoms with Crippen LogP contribution in [0.15, 0.2) is 36.5 Å². The van der Waals surface area contributed by atoms with Gasteiger partial charge in [0.2, 0.25) is 0 Å². The minimum Gasteiger partial charge on any atom is -0.294 e. The molecule has 0 heterocycles. The van der Waals surface area contributed by atoms with Crippen LogP contribution in [0, 0.1) is 0 Å². The van der Waals surface area contributed by atoms with Gasteiger partial charge >= 0.3 is 0 Å². The van der Waals surface area contributed by atoms with E-state index >= 15 is 0 Å². The first-order valence-corrected chi connectivity index (χ1v) is 4.74. The molecule has 0 aromatic rings. The van der Waals surface area contributed by atoms with E-state index in [-0.39, 0.29) is 5.78 Å². The number of carbonyl (C=O) groups excluding carboxylic acids is 1. The zero-order valence-corrected chi connectivity index (χ0v) is 9.13. The molecule has 0 fully saturated rings. The number of Topliss-reactive ketones (excluding diaryl/α,β-unsaturated/α-hetero) is 1. The van der Waals surface area contributed by atoms with Gasteiger partial charge in [-0.15, -0.1) is 0 Å². The highest BCUT2D eigenvalue weighted by molar-refractivity contribution is 5.97. The van der Waals surface area contributed by atoms with Crippen molar-refractivity contribution in [3.63, 3.8) is 0 Å². The van der Waals surface area contributed by atoms with Crippen molar-refractivity contribution < 1.29 is 4.79 Å². The maximum Gasteiger partial charge on any atom is 0.162 e. The zero-order chi connectivity index (χ0) is 10.7. The Morgan fingerprint density at radius 2 is 1.92 bits per heavy atom. The van der Waals surface area contributed by atoms with Gasteiger partial charge in [-0.25, -0.2) is 0 Å². The molecule has 0 saturated heterocycles. The lowest BCUT2D eigenvalue weighted by Gasteiger charge is -1.94. The molecule has 0 bridgehead atoms. The fourth-order valence-corrected chi connectivity index (χ4v) is 0.726. The van der Waals surface area contributed by atoms with E-state index < -0.39 is 0 Å². The Hall–Kier alpha value is -1.11. The summed E-state index contributed by atoms with van der Waals surface area (Å²) in [5.41, 5.74) is 0.757. The predicted molar refractivity (Wildman–Crippen MR) is 59.7 cm³/mol. The summed E-state index contributed by atoms with van der Waals surface area (Å²) in [6.45, 7) is 11.2. The molecule has 0 aliphatic heterocycles. The molecule has 0 unspecified atom stereocenters. The number of rotatable bonds is 4. The van der Waals surface area contributed by atoms with E-state index in [2.05, 4.69) is 6.58 Å². The van der Waals surface area contributed by atoms with Crippen molar-refractivity contribution in [1.82, 2.24) is 0 Å². The van der Waals surface area contributed by atoms with Crippen molar-refractivity contribution >= 4 is 5.78 Å². The van der Waals surface area contributed by atoms with Crippen molar-refractivity contribution in [2.24, 2.45) is 0 Å². The van der Waals surface area contributed by atoms with Crippen molar-refractivity contribution in [2.45, 2.75) is 34.1 Å². The van der Waals surface area contributed by atoms with Crippen LogP contribution in [0.4, 0.5) is 0 Å². The molecule has 0 amide bonds. The lowest BCUT2D eigenvalue weighted by atomic mass is 10.1. The SMILES string of the molecule is C=C/C=C\C(=C/C)C(=O)CC.CC. The molecule has 0 aromatic carbocycles. The number of hydrogen-bond donors (Lipinski definition) is 0. The molecule has 13 heavy (non-hydrogen) atoms. The Morgan fingerprint density at radius 3 is 2.23 bits per heavy atom. The summed E-state index contributed by atoms with van der Waals surface area (Å²) in [5.74, 6) is 0.172. The van der Waals surface area contributed by atoms with E-state index in [0.29, 0.717) is 6.42 Å². The highest BCUT2D eigenvalue weighted by Gasteiger charge is 1.99. The zero-order valence-electron chi connectivity index (χ0n) is 9.13. The lowest BCUT2D eigenvalue weighted by Crippen LogP contribution is -1.96. The minimum atomic E-state index is 0.172. The summed E-state index contributed by atoms with van der Waals surface area (Å²) in [5, 5.41) is 0. The first-order chi connectivity index (χ1) is 6.26. The molecule has 0 rings (SSSR count). The Labute approximate surface area is 81.9 Å². The molecule has 0 N–H and O–H groups in total. The Morgan fingerprint density at radius 1 is 1.38 bits per heavy atom. The fourth-order valence-electron chi connectivity index (χ4n) is 0.726. The van der Waals surface area contributed by atoms with Crippen molar-refractivity contribution in [2.75, 3.05) is 0 Å². The molecule has 0 saturated carbocycles. The highest BCUT2D eigenvalue weighted by Crippen LogP contribution is 2.01. The van der Waals surface area contributed by atoms with Crippen LogP contribution in [0.3, 0.4) is 0 Å². The largest absolute Gasteiger partial charge is 0.294 e. The van der Waals surface area contributed by atoms with Gasteiger partial charge in [-0.2, -0.15) is 0 Å². The smallest absolute Gasteiger partial charge is 0.162 e. The Kier molecular flexibility index (Phi) is 12.1. The molecule has 0 atom stereocenters. The maximum atomic E-state index is 11.1. The Balaban J connectivity index is 0. The molecule has 1 heteroatoms. The van der Waals surface area contributed by atoms with Gasteiger partial charge in [-0.3, -0.25) is 4.79 Å². The van der Waals surface area contributed by atoms with E-state index in [0.717, 1.165) is 5.57 Å². The normalized spacial score (nSPS) is 10.6. The average molecular weight is 180 g/mol. The molecule has 0 spiro atoms. The molecule has 0 radical (unpaired) electrons. The monoisotopic (exact) mass is 180 g/mol. The molecule has 1 nitrogen and oxygen atoms in total. The Bertz CT molecular complexity index is 197. The van der Waals surface area contributed by atoms with Gasteiger partial charge in [0.05, 0.1) is 0 Å². The summed E-state index contributed by atoms with van der Waals surface area (Å²) in [7, 11) is 0. The third-order valence-electron chi connectivity index (χ3n) is 1.37. The van der Waals surface area contributed by atoms with E-state index in [9.17, 15) is 4.79 Å². The van der Waals surface area contributed by atoms with Gasteiger partial charge in [0.25, 0.3) is 0 Å². The van der Waals surface area contributed by atoms with Gasteiger partial charge in [-0.1, -0.05) is 51.7 Å². The van der Waals surface area contributed by atoms with E-state index in [1.807, 2.05) is 33.8 Å². The molecule has 0 aliphatic carbocycles. The van der Waals surface area contributed by atoms with Crippen LogP contribution in [0.2, 0.25) is 0 Å². The van der Waals surface area contributed by atoms with Gasteiger partial charge in [0.15, 0.2) is 5.78 Å². The van der Waals surface area contributed by atoms with Crippen LogP contribution in [0.1, 0.15) is 34.1 Å². The van der Waals surface area contributed by atoms with Gasteiger partial charge in [0, 0.05) is 12.0 Å². The van der Waals surface area contributed by atoms with Gasteiger partial charge < -0.3 is 0 Å². The van der Waals surface area contributed by atoms with E-state index in [1.54, 1.807) is 18.2 Å². The predicted octanol–water partition coefficient (Wildman–Crippen LogP) is 3.68. The number of ketones is 1. The molecule has 74 valence electrons. The summed E-state index contributed by atoms with van der Waals surface area (Å²) >= 11 is 0. The number of allylic oxidation sites excluding steroid dienone is 5. The maximum absolute atomic E-state index is 11.1. The summed E-state index contributed by atoms with van der Waals surface area (Å²) in [6.07, 6.45) is 7.57. The standard InChI is InChI=1S/C10H14O.C2H6/c1-4-7-8-9(5-2)10(11)6-3;1-2/h4-5,7-8H,1,6H2,2-3H3;1-2H3/b8-7-,9-5+;. The van der Waals surface area contributed by atoms with Crippen LogP contribution in [0.5, 0.6) is 0 Å². The fraction of sp³-hybridized carbons (Fsp3) is 0.417. The van der Waals surface area contributed by atoms with Crippen LogP contribution >= 0.6 is 0 Å². The van der Waals surface area contributed by atoms with Crippen molar-refractivity contribution in [1.29, 1.82) is 0 Å². The second kappa shape index (κ2) is 10.9. The lowest BCUT2D eigenvalue weighted by molar-refractivity contribution is -0.115. The van der Waals surface area contributed by atoms with Crippen LogP contribution in [-0.4, -0.2) is 5.78 Å². The van der Waals surface area contributed by atoms with Crippen LogP contribution in [0.25, 0.3) is 0 Å². The van der Waals surface area contributed by atoms with Crippen LogP contribution in [-0.2, 0) is 4.79 Å². The third kappa shape index (κ3) is 7.26. The second-order valence-electron chi connectivity index (χ2n) is 2.12. The molecule has 0 aliphatic rings. The van der Waals surface area contributed by atoms with Gasteiger partial charge in [-0.05, 0) is 6.92 Å². The summed E-state index contributed by atoms with van der Waals surface area (Å²) in [4.78, 5) is 11.1. The van der Waals surface area contributed by atoms with Crippen LogP contribution < -0.4 is 0 Å². The summed E-state index contributed by atoms with van der Waals surface area (Å²) < 4.78 is 0. The van der Waals surface area contributed by atoms with Crippen molar-refractivity contribution in [3.05, 3.63) is 36.5 Å².